The van der Waals surface area contributed by atoms with Crippen LogP contribution in [0.4, 0.5) is 4.39 Å². The highest BCUT2D eigenvalue weighted by Gasteiger charge is 2.21. The fraction of sp³-hybridized carbons (Fsp3) is 0.100. The second-order valence-electron chi connectivity index (χ2n) is 2.68. The Bertz CT molecular complexity index is 473. The van der Waals surface area contributed by atoms with Crippen molar-refractivity contribution in [1.82, 2.24) is 0 Å². The molecule has 5 heteroatoms. The van der Waals surface area contributed by atoms with Gasteiger partial charge in [-0.2, -0.15) is 10.5 Å². The molecule has 74 valence electrons. The third kappa shape index (κ3) is 2.31. The van der Waals surface area contributed by atoms with Crippen LogP contribution >= 0.6 is 11.6 Å². The molecular weight excluding hydrogens is 219 g/mol. The van der Waals surface area contributed by atoms with E-state index in [9.17, 15) is 9.18 Å². The summed E-state index contributed by atoms with van der Waals surface area (Å²) >= 11 is 5.60. The van der Waals surface area contributed by atoms with Gasteiger partial charge in [0.25, 0.3) is 0 Å². The number of halogens is 2. The Kier molecular flexibility index (Phi) is 3.38. The fourth-order valence-electron chi connectivity index (χ4n) is 0.991. The van der Waals surface area contributed by atoms with Crippen LogP contribution < -0.4 is 0 Å². The van der Waals surface area contributed by atoms with E-state index in [1.54, 1.807) is 0 Å². The molecule has 1 aromatic carbocycles. The van der Waals surface area contributed by atoms with E-state index < -0.39 is 17.5 Å². The summed E-state index contributed by atoms with van der Waals surface area (Å²) in [5, 5.41) is 16.9. The zero-order chi connectivity index (χ0) is 11.4. The molecule has 0 bridgehead atoms. The molecule has 0 spiro atoms. The number of rotatable bonds is 2. The first-order valence-electron chi connectivity index (χ1n) is 3.88. The van der Waals surface area contributed by atoms with Crippen LogP contribution in [0.1, 0.15) is 10.4 Å². The van der Waals surface area contributed by atoms with Crippen molar-refractivity contribution < 1.29 is 9.18 Å². The summed E-state index contributed by atoms with van der Waals surface area (Å²) < 4.78 is 12.7. The molecule has 0 aromatic heterocycles. The number of benzene rings is 1. The van der Waals surface area contributed by atoms with Crippen LogP contribution in [0, 0.1) is 34.4 Å². The van der Waals surface area contributed by atoms with Crippen LogP contribution in [0.3, 0.4) is 0 Å². The molecule has 15 heavy (non-hydrogen) atoms. The smallest absolute Gasteiger partial charge is 0.195 e. The molecule has 0 unspecified atom stereocenters. The minimum Gasteiger partial charge on any atom is -0.291 e. The highest BCUT2D eigenvalue weighted by atomic mass is 35.5. The van der Waals surface area contributed by atoms with Gasteiger partial charge in [-0.05, 0) is 18.2 Å². The van der Waals surface area contributed by atoms with E-state index >= 15 is 0 Å². The number of hydrogen-bond acceptors (Lipinski definition) is 3. The van der Waals surface area contributed by atoms with Crippen molar-refractivity contribution in [2.75, 3.05) is 0 Å². The Balaban J connectivity index is 3.14. The van der Waals surface area contributed by atoms with Gasteiger partial charge in [0.15, 0.2) is 11.7 Å². The van der Waals surface area contributed by atoms with Crippen LogP contribution in [-0.4, -0.2) is 5.78 Å². The van der Waals surface area contributed by atoms with Gasteiger partial charge >= 0.3 is 0 Å². The lowest BCUT2D eigenvalue weighted by Crippen LogP contribution is -2.11. The average molecular weight is 223 g/mol. The molecular formula is C10H4ClFN2O. The van der Waals surface area contributed by atoms with Crippen molar-refractivity contribution in [3.63, 3.8) is 0 Å². The summed E-state index contributed by atoms with van der Waals surface area (Å²) in [6.45, 7) is 0. The van der Waals surface area contributed by atoms with E-state index in [1.807, 2.05) is 0 Å². The zero-order valence-electron chi connectivity index (χ0n) is 7.37. The van der Waals surface area contributed by atoms with E-state index in [0.717, 1.165) is 18.2 Å². The van der Waals surface area contributed by atoms with Gasteiger partial charge < -0.3 is 0 Å². The van der Waals surface area contributed by atoms with Gasteiger partial charge in [0.05, 0.1) is 17.2 Å². The van der Waals surface area contributed by atoms with Crippen molar-refractivity contribution in [2.45, 2.75) is 0 Å². The molecule has 1 aromatic rings. The number of nitrogens with zero attached hydrogens (tertiary/aromatic N) is 2. The molecule has 0 saturated heterocycles. The van der Waals surface area contributed by atoms with Gasteiger partial charge in [0, 0.05) is 5.56 Å². The minimum absolute atomic E-state index is 0.0221. The lowest BCUT2D eigenvalue weighted by molar-refractivity contribution is 0.0971. The van der Waals surface area contributed by atoms with Crippen molar-refractivity contribution in [3.8, 4) is 12.1 Å². The first-order chi connectivity index (χ1) is 7.10. The highest BCUT2D eigenvalue weighted by Crippen LogP contribution is 2.20. The summed E-state index contributed by atoms with van der Waals surface area (Å²) in [6, 6.07) is 6.22. The first kappa shape index (κ1) is 11.2. The van der Waals surface area contributed by atoms with Crippen LogP contribution in [0.15, 0.2) is 18.2 Å². The van der Waals surface area contributed by atoms with Gasteiger partial charge in [0.1, 0.15) is 5.82 Å². The van der Waals surface area contributed by atoms with Crippen LogP contribution in [0.2, 0.25) is 5.02 Å². The first-order valence-corrected chi connectivity index (χ1v) is 4.26. The van der Waals surface area contributed by atoms with Crippen LogP contribution in [-0.2, 0) is 0 Å². The summed E-state index contributed by atoms with van der Waals surface area (Å²) in [7, 11) is 0. The van der Waals surface area contributed by atoms with Gasteiger partial charge in [0.2, 0.25) is 0 Å². The molecule has 0 heterocycles. The normalized spacial score (nSPS) is 9.40. The molecule has 0 aliphatic rings. The Morgan fingerprint density at radius 1 is 1.40 bits per heavy atom. The SMILES string of the molecule is N#CC(C#N)C(=O)c1ccc(F)cc1Cl. The van der Waals surface area contributed by atoms with Crippen LogP contribution in [0.25, 0.3) is 0 Å². The van der Waals surface area contributed by atoms with Gasteiger partial charge in [-0.25, -0.2) is 4.39 Å². The summed E-state index contributed by atoms with van der Waals surface area (Å²) in [4.78, 5) is 11.5. The maximum absolute atomic E-state index is 12.7. The predicted molar refractivity (Wildman–Crippen MR) is 50.5 cm³/mol. The molecule has 0 fully saturated rings. The minimum atomic E-state index is -1.41. The molecule has 1 rings (SSSR count). The quantitative estimate of drug-likeness (QED) is 0.722. The van der Waals surface area contributed by atoms with Gasteiger partial charge in [-0.1, -0.05) is 11.6 Å². The molecule has 0 N–H and O–H groups in total. The number of nitriles is 2. The fourth-order valence-corrected chi connectivity index (χ4v) is 1.25. The van der Waals surface area contributed by atoms with Gasteiger partial charge in [-0.3, -0.25) is 4.79 Å². The predicted octanol–water partition coefficient (Wildman–Crippen LogP) is 2.33. The Hall–Kier alpha value is -1.91. The molecule has 0 atom stereocenters. The maximum atomic E-state index is 12.7. The second kappa shape index (κ2) is 4.54. The van der Waals surface area contributed by atoms with Crippen LogP contribution in [0.5, 0.6) is 0 Å². The van der Waals surface area contributed by atoms with E-state index in [0.29, 0.717) is 0 Å². The standard InChI is InChI=1S/C10H4ClFN2O/c11-9-3-7(12)1-2-8(9)10(15)6(4-13)5-14/h1-3,6H. The Morgan fingerprint density at radius 2 is 2.00 bits per heavy atom. The highest BCUT2D eigenvalue weighted by molar-refractivity contribution is 6.34. The largest absolute Gasteiger partial charge is 0.291 e. The Labute approximate surface area is 90.3 Å². The Morgan fingerprint density at radius 3 is 2.47 bits per heavy atom. The summed E-state index contributed by atoms with van der Waals surface area (Å²) in [5.74, 6) is -2.71. The van der Waals surface area contributed by atoms with E-state index in [1.165, 1.54) is 12.1 Å². The lowest BCUT2D eigenvalue weighted by atomic mass is 10.0. The molecule has 0 aliphatic carbocycles. The summed E-state index contributed by atoms with van der Waals surface area (Å²) in [6.07, 6.45) is 0. The van der Waals surface area contributed by atoms with Crippen molar-refractivity contribution in [2.24, 2.45) is 5.92 Å². The second-order valence-corrected chi connectivity index (χ2v) is 3.09. The molecule has 0 aliphatic heterocycles. The van der Waals surface area contributed by atoms with E-state index in [4.69, 9.17) is 22.1 Å². The maximum Gasteiger partial charge on any atom is 0.195 e. The van der Waals surface area contributed by atoms with E-state index in [2.05, 4.69) is 0 Å². The number of ketones is 1. The molecule has 0 amide bonds. The molecule has 3 nitrogen and oxygen atoms in total. The van der Waals surface area contributed by atoms with Gasteiger partial charge in [-0.15, -0.1) is 0 Å². The number of carbonyl (C=O) groups is 1. The monoisotopic (exact) mass is 222 g/mol. The topological polar surface area (TPSA) is 64.7 Å². The summed E-state index contributed by atoms with van der Waals surface area (Å²) in [5.41, 5.74) is -0.0221. The lowest BCUT2D eigenvalue weighted by Gasteiger charge is -2.02. The number of carbonyl (C=O) groups excluding carboxylic acids is 1. The third-order valence-corrected chi connectivity index (χ3v) is 2.03. The molecule has 0 saturated carbocycles. The van der Waals surface area contributed by atoms with Crippen molar-refractivity contribution in [3.05, 3.63) is 34.6 Å². The average Bonchev–Trinajstić information content (AvgIpc) is 2.19. The van der Waals surface area contributed by atoms with Crippen molar-refractivity contribution in [1.29, 1.82) is 10.5 Å². The van der Waals surface area contributed by atoms with E-state index in [-0.39, 0.29) is 10.6 Å². The zero-order valence-corrected chi connectivity index (χ0v) is 8.12. The van der Waals surface area contributed by atoms with Crippen molar-refractivity contribution >= 4 is 17.4 Å². The number of Topliss-reactive ketones (excluding diaryl/α,β-unsaturated/α-hetero) is 1. The molecule has 0 radical (unpaired) electrons. The number of hydrogen-bond donors (Lipinski definition) is 0. The third-order valence-electron chi connectivity index (χ3n) is 1.72.